The molecule has 0 spiro atoms. The van der Waals surface area contributed by atoms with Crippen LogP contribution in [0.15, 0.2) is 24.3 Å². The molecule has 1 aliphatic rings. The van der Waals surface area contributed by atoms with E-state index in [9.17, 15) is 4.79 Å². The van der Waals surface area contributed by atoms with Crippen LogP contribution in [0.5, 0.6) is 0 Å². The summed E-state index contributed by atoms with van der Waals surface area (Å²) in [6.07, 6.45) is 2.95. The Bertz CT molecular complexity index is 407. The highest BCUT2D eigenvalue weighted by Crippen LogP contribution is 2.29. The van der Waals surface area contributed by atoms with Crippen molar-refractivity contribution in [3.63, 3.8) is 0 Å². The topological polar surface area (TPSA) is 46.3 Å². The van der Waals surface area contributed by atoms with Gasteiger partial charge in [0.25, 0.3) is 0 Å². The summed E-state index contributed by atoms with van der Waals surface area (Å²) >= 11 is 0. The number of carbonyl (C=O) groups is 1. The van der Waals surface area contributed by atoms with E-state index < -0.39 is 0 Å². The van der Waals surface area contributed by atoms with E-state index >= 15 is 0 Å². The van der Waals surface area contributed by atoms with Gasteiger partial charge in [-0.3, -0.25) is 4.79 Å². The van der Waals surface area contributed by atoms with Crippen LogP contribution < -0.4 is 5.73 Å². The quantitative estimate of drug-likeness (QED) is 0.812. The zero-order valence-corrected chi connectivity index (χ0v) is 11.2. The molecule has 2 N–H and O–H groups in total. The average Bonchev–Trinajstić information content (AvgIpc) is 3.11. The largest absolute Gasteiger partial charge is 0.399 e. The van der Waals surface area contributed by atoms with E-state index in [0.717, 1.165) is 30.6 Å². The Kier molecular flexibility index (Phi) is 3.90. The zero-order chi connectivity index (χ0) is 13.1. The lowest BCUT2D eigenvalue weighted by molar-refractivity contribution is -0.133. The Hall–Kier alpha value is -1.51. The summed E-state index contributed by atoms with van der Waals surface area (Å²) in [5, 5.41) is 0. The fourth-order valence-electron chi connectivity index (χ4n) is 2.09. The van der Waals surface area contributed by atoms with Gasteiger partial charge in [0.15, 0.2) is 0 Å². The van der Waals surface area contributed by atoms with Crippen LogP contribution in [-0.2, 0) is 11.3 Å². The van der Waals surface area contributed by atoms with Crippen LogP contribution in [0.2, 0.25) is 0 Å². The van der Waals surface area contributed by atoms with Crippen LogP contribution in [0.25, 0.3) is 0 Å². The fraction of sp³-hybridized carbons (Fsp3) is 0.533. The normalized spacial score (nSPS) is 14.8. The van der Waals surface area contributed by atoms with Crippen molar-refractivity contribution in [3.05, 3.63) is 29.8 Å². The van der Waals surface area contributed by atoms with E-state index in [0.29, 0.717) is 18.4 Å². The summed E-state index contributed by atoms with van der Waals surface area (Å²) in [5.41, 5.74) is 7.60. The molecule has 0 saturated heterocycles. The van der Waals surface area contributed by atoms with Crippen molar-refractivity contribution >= 4 is 11.6 Å². The maximum Gasteiger partial charge on any atom is 0.223 e. The first kappa shape index (κ1) is 12.9. The predicted molar refractivity (Wildman–Crippen MR) is 73.9 cm³/mol. The lowest BCUT2D eigenvalue weighted by Crippen LogP contribution is -2.33. The predicted octanol–water partition coefficient (Wildman–Crippen LogP) is 2.81. The smallest absolute Gasteiger partial charge is 0.223 e. The van der Waals surface area contributed by atoms with Gasteiger partial charge >= 0.3 is 0 Å². The van der Waals surface area contributed by atoms with Crippen LogP contribution in [0.4, 0.5) is 5.69 Å². The molecule has 1 amide bonds. The van der Waals surface area contributed by atoms with E-state index in [1.54, 1.807) is 0 Å². The molecule has 0 radical (unpaired) electrons. The Morgan fingerprint density at radius 2 is 1.94 bits per heavy atom. The van der Waals surface area contributed by atoms with Gasteiger partial charge in [0.05, 0.1) is 0 Å². The number of nitrogen functional groups attached to an aromatic ring is 1. The van der Waals surface area contributed by atoms with Crippen molar-refractivity contribution in [1.82, 2.24) is 4.90 Å². The van der Waals surface area contributed by atoms with Gasteiger partial charge in [-0.05, 0) is 36.5 Å². The van der Waals surface area contributed by atoms with E-state index in [1.165, 1.54) is 0 Å². The van der Waals surface area contributed by atoms with E-state index in [-0.39, 0.29) is 5.91 Å². The van der Waals surface area contributed by atoms with Crippen LogP contribution in [0, 0.1) is 5.92 Å². The second kappa shape index (κ2) is 5.42. The molecule has 3 nitrogen and oxygen atoms in total. The number of nitrogens with zero attached hydrogens (tertiary/aromatic N) is 1. The molecule has 0 aliphatic heterocycles. The molecule has 0 unspecified atom stereocenters. The van der Waals surface area contributed by atoms with Crippen LogP contribution in [-0.4, -0.2) is 16.8 Å². The first-order valence-corrected chi connectivity index (χ1v) is 6.70. The van der Waals surface area contributed by atoms with Gasteiger partial charge < -0.3 is 10.6 Å². The summed E-state index contributed by atoms with van der Waals surface area (Å²) < 4.78 is 0. The van der Waals surface area contributed by atoms with Gasteiger partial charge in [0, 0.05) is 24.7 Å². The van der Waals surface area contributed by atoms with Crippen molar-refractivity contribution in [2.75, 3.05) is 5.73 Å². The Balaban J connectivity index is 2.02. The summed E-state index contributed by atoms with van der Waals surface area (Å²) in [7, 11) is 0. The Morgan fingerprint density at radius 3 is 2.44 bits per heavy atom. The second-order valence-electron chi connectivity index (χ2n) is 5.59. The van der Waals surface area contributed by atoms with Crippen LogP contribution in [0.1, 0.15) is 38.7 Å². The number of amides is 1. The fourth-order valence-corrected chi connectivity index (χ4v) is 2.09. The third-order valence-corrected chi connectivity index (χ3v) is 3.22. The van der Waals surface area contributed by atoms with E-state index in [2.05, 4.69) is 13.8 Å². The van der Waals surface area contributed by atoms with Crippen LogP contribution in [0.3, 0.4) is 0 Å². The number of anilines is 1. The summed E-state index contributed by atoms with van der Waals surface area (Å²) in [5.74, 6) is 0.703. The first-order chi connectivity index (χ1) is 8.56. The van der Waals surface area contributed by atoms with Gasteiger partial charge in [0.1, 0.15) is 0 Å². The Morgan fingerprint density at radius 1 is 1.33 bits per heavy atom. The third-order valence-electron chi connectivity index (χ3n) is 3.22. The number of rotatable bonds is 5. The van der Waals surface area contributed by atoms with Gasteiger partial charge in [-0.2, -0.15) is 0 Å². The van der Waals surface area contributed by atoms with E-state index in [1.807, 2.05) is 29.2 Å². The minimum Gasteiger partial charge on any atom is -0.399 e. The molecule has 2 rings (SSSR count). The highest BCUT2D eigenvalue weighted by molar-refractivity contribution is 5.77. The molecule has 1 aliphatic carbocycles. The lowest BCUT2D eigenvalue weighted by atomic mass is 10.1. The standard InChI is InChI=1S/C15H22N2O/c1-11(2)9-15(18)17(14-7-8-14)10-12-3-5-13(16)6-4-12/h3-6,11,14H,7-10,16H2,1-2H3. The first-order valence-electron chi connectivity index (χ1n) is 6.70. The molecule has 1 fully saturated rings. The molecule has 1 aromatic carbocycles. The highest BCUT2D eigenvalue weighted by atomic mass is 16.2. The average molecular weight is 246 g/mol. The van der Waals surface area contributed by atoms with Gasteiger partial charge in [-0.1, -0.05) is 26.0 Å². The molecular weight excluding hydrogens is 224 g/mol. The number of nitrogens with two attached hydrogens (primary N) is 1. The molecule has 1 saturated carbocycles. The summed E-state index contributed by atoms with van der Waals surface area (Å²) in [6, 6.07) is 8.27. The maximum atomic E-state index is 12.2. The molecule has 0 aromatic heterocycles. The van der Waals surface area contributed by atoms with E-state index in [4.69, 9.17) is 5.73 Å². The van der Waals surface area contributed by atoms with Crippen molar-refractivity contribution < 1.29 is 4.79 Å². The number of carbonyl (C=O) groups excluding carboxylic acids is 1. The molecule has 0 atom stereocenters. The second-order valence-corrected chi connectivity index (χ2v) is 5.59. The monoisotopic (exact) mass is 246 g/mol. The molecule has 3 heteroatoms. The van der Waals surface area contributed by atoms with Crippen LogP contribution >= 0.6 is 0 Å². The minimum absolute atomic E-state index is 0.282. The van der Waals surface area contributed by atoms with Gasteiger partial charge in [0.2, 0.25) is 5.91 Å². The SMILES string of the molecule is CC(C)CC(=O)N(Cc1ccc(N)cc1)C1CC1. The highest BCUT2D eigenvalue weighted by Gasteiger charge is 2.32. The van der Waals surface area contributed by atoms with Gasteiger partial charge in [-0.15, -0.1) is 0 Å². The number of hydrogen-bond donors (Lipinski definition) is 1. The van der Waals surface area contributed by atoms with Crippen molar-refractivity contribution in [3.8, 4) is 0 Å². The molecule has 0 heterocycles. The van der Waals surface area contributed by atoms with Crippen molar-refractivity contribution in [1.29, 1.82) is 0 Å². The lowest BCUT2D eigenvalue weighted by Gasteiger charge is -2.23. The zero-order valence-electron chi connectivity index (χ0n) is 11.2. The number of benzene rings is 1. The molecule has 98 valence electrons. The molecule has 1 aromatic rings. The van der Waals surface area contributed by atoms with Gasteiger partial charge in [-0.25, -0.2) is 0 Å². The third kappa shape index (κ3) is 3.49. The molecular formula is C15H22N2O. The summed E-state index contributed by atoms with van der Waals surface area (Å²) in [4.78, 5) is 14.2. The molecule has 0 bridgehead atoms. The summed E-state index contributed by atoms with van der Waals surface area (Å²) in [6.45, 7) is 4.90. The molecule has 18 heavy (non-hydrogen) atoms. The van der Waals surface area contributed by atoms with Crippen molar-refractivity contribution in [2.24, 2.45) is 5.92 Å². The van der Waals surface area contributed by atoms with Crippen molar-refractivity contribution in [2.45, 2.75) is 45.7 Å². The number of hydrogen-bond acceptors (Lipinski definition) is 2. The Labute approximate surface area is 109 Å². The minimum atomic E-state index is 0.282. The maximum absolute atomic E-state index is 12.2.